The van der Waals surface area contributed by atoms with Crippen molar-refractivity contribution in [3.05, 3.63) is 72.3 Å². The normalized spacial score (nSPS) is 12.6. The lowest BCUT2D eigenvalue weighted by atomic mass is 10.1. The molecule has 0 bridgehead atoms. The van der Waals surface area contributed by atoms with E-state index < -0.39 is 16.1 Å². The van der Waals surface area contributed by atoms with Gasteiger partial charge in [0.25, 0.3) is 0 Å². The Balaban J connectivity index is 1.56. The van der Waals surface area contributed by atoms with Crippen LogP contribution in [0.2, 0.25) is 0 Å². The molecule has 0 heterocycles. The molecule has 0 aliphatic heterocycles. The largest absolute Gasteiger partial charge is 0.491 e. The highest BCUT2D eigenvalue weighted by molar-refractivity contribution is 7.89. The SMILES string of the molecule is N=C(N)c1ccc(OCC(O)CNS(=O)(=O)c2ccc3ccccc3c2)cc1. The molecule has 28 heavy (non-hydrogen) atoms. The van der Waals surface area contributed by atoms with E-state index in [1.807, 2.05) is 24.3 Å². The van der Waals surface area contributed by atoms with Crippen LogP contribution in [0, 0.1) is 5.41 Å². The van der Waals surface area contributed by atoms with Crippen molar-refractivity contribution in [3.63, 3.8) is 0 Å². The Morgan fingerprint density at radius 3 is 2.43 bits per heavy atom. The van der Waals surface area contributed by atoms with Gasteiger partial charge in [0.2, 0.25) is 10.0 Å². The number of amidine groups is 1. The maximum absolute atomic E-state index is 12.5. The predicted molar refractivity (Wildman–Crippen MR) is 108 cm³/mol. The average Bonchev–Trinajstić information content (AvgIpc) is 2.70. The topological polar surface area (TPSA) is 126 Å². The minimum atomic E-state index is -3.75. The molecule has 5 N–H and O–H groups in total. The average molecular weight is 399 g/mol. The molecule has 7 nitrogen and oxygen atoms in total. The van der Waals surface area contributed by atoms with Gasteiger partial charge in [-0.1, -0.05) is 30.3 Å². The second-order valence-electron chi connectivity index (χ2n) is 6.26. The van der Waals surface area contributed by atoms with Gasteiger partial charge in [-0.25, -0.2) is 13.1 Å². The molecule has 8 heteroatoms. The van der Waals surface area contributed by atoms with E-state index in [0.29, 0.717) is 11.3 Å². The van der Waals surface area contributed by atoms with E-state index in [9.17, 15) is 13.5 Å². The third kappa shape index (κ3) is 4.86. The zero-order valence-corrected chi connectivity index (χ0v) is 15.8. The van der Waals surface area contributed by atoms with Gasteiger partial charge in [0, 0.05) is 12.1 Å². The molecule has 0 saturated heterocycles. The Kier molecular flexibility index (Phi) is 5.93. The molecule has 3 aromatic carbocycles. The number of nitrogens with two attached hydrogens (primary N) is 1. The second kappa shape index (κ2) is 8.39. The number of benzene rings is 3. The molecule has 3 rings (SSSR count). The van der Waals surface area contributed by atoms with Crippen molar-refractivity contribution in [1.82, 2.24) is 4.72 Å². The first kappa shape index (κ1) is 19.8. The number of nitrogens with one attached hydrogen (secondary N) is 2. The molecular formula is C20H21N3O4S. The Morgan fingerprint density at radius 1 is 1.07 bits per heavy atom. The van der Waals surface area contributed by atoms with Crippen LogP contribution in [0.4, 0.5) is 0 Å². The van der Waals surface area contributed by atoms with Crippen LogP contribution in [-0.2, 0) is 10.0 Å². The molecule has 1 unspecified atom stereocenters. The van der Waals surface area contributed by atoms with Crippen molar-refractivity contribution >= 4 is 26.6 Å². The fourth-order valence-corrected chi connectivity index (χ4v) is 3.71. The van der Waals surface area contributed by atoms with Gasteiger partial charge in [-0.05, 0) is 47.2 Å². The van der Waals surface area contributed by atoms with Gasteiger partial charge < -0.3 is 15.6 Å². The minimum absolute atomic E-state index is 0.0466. The molecule has 1 atom stereocenters. The lowest BCUT2D eigenvalue weighted by Crippen LogP contribution is -2.35. The fourth-order valence-electron chi connectivity index (χ4n) is 2.61. The molecule has 0 spiro atoms. The van der Waals surface area contributed by atoms with Crippen molar-refractivity contribution in [2.24, 2.45) is 5.73 Å². The number of aliphatic hydroxyl groups is 1. The molecule has 0 aliphatic carbocycles. The first-order chi connectivity index (χ1) is 13.3. The number of hydrogen-bond donors (Lipinski definition) is 4. The van der Waals surface area contributed by atoms with E-state index >= 15 is 0 Å². The Morgan fingerprint density at radius 2 is 1.75 bits per heavy atom. The van der Waals surface area contributed by atoms with Crippen LogP contribution < -0.4 is 15.2 Å². The number of fused-ring (bicyclic) bond motifs is 1. The summed E-state index contributed by atoms with van der Waals surface area (Å²) < 4.78 is 32.8. The van der Waals surface area contributed by atoms with E-state index in [1.54, 1.807) is 36.4 Å². The van der Waals surface area contributed by atoms with Gasteiger partial charge in [-0.2, -0.15) is 0 Å². The number of nitrogen functional groups attached to an aromatic ring is 1. The lowest BCUT2D eigenvalue weighted by molar-refractivity contribution is 0.111. The molecule has 0 aromatic heterocycles. The molecule has 3 aromatic rings. The van der Waals surface area contributed by atoms with Crippen LogP contribution in [0.3, 0.4) is 0 Å². The molecule has 0 saturated carbocycles. The number of aliphatic hydroxyl groups excluding tert-OH is 1. The van der Waals surface area contributed by atoms with Gasteiger partial charge in [0.15, 0.2) is 0 Å². The highest BCUT2D eigenvalue weighted by atomic mass is 32.2. The molecule has 0 aliphatic rings. The van der Waals surface area contributed by atoms with Crippen LogP contribution in [0.25, 0.3) is 10.8 Å². The van der Waals surface area contributed by atoms with Gasteiger partial charge in [0.05, 0.1) is 4.90 Å². The van der Waals surface area contributed by atoms with Crippen LogP contribution in [0.1, 0.15) is 5.56 Å². The highest BCUT2D eigenvalue weighted by Crippen LogP contribution is 2.19. The zero-order valence-electron chi connectivity index (χ0n) is 15.0. The standard InChI is InChI=1S/C20H21N3O4S/c21-20(22)15-5-8-18(9-6-15)27-13-17(24)12-23-28(25,26)19-10-7-14-3-1-2-4-16(14)11-19/h1-11,17,23-24H,12-13H2,(H3,21,22). The Bertz CT molecular complexity index is 1080. The minimum Gasteiger partial charge on any atom is -0.491 e. The van der Waals surface area contributed by atoms with Gasteiger partial charge in [-0.15, -0.1) is 0 Å². The fraction of sp³-hybridized carbons (Fsp3) is 0.150. The highest BCUT2D eigenvalue weighted by Gasteiger charge is 2.16. The van der Waals surface area contributed by atoms with Crippen LogP contribution in [0.15, 0.2) is 71.6 Å². The third-order valence-corrected chi connectivity index (χ3v) is 5.57. The van der Waals surface area contributed by atoms with Crippen LogP contribution in [-0.4, -0.2) is 38.6 Å². The number of hydrogen-bond acceptors (Lipinski definition) is 5. The van der Waals surface area contributed by atoms with E-state index in [1.165, 1.54) is 6.07 Å². The van der Waals surface area contributed by atoms with Gasteiger partial charge >= 0.3 is 0 Å². The molecule has 0 amide bonds. The van der Waals surface area contributed by atoms with E-state index in [0.717, 1.165) is 10.8 Å². The zero-order chi connectivity index (χ0) is 20.1. The van der Waals surface area contributed by atoms with Gasteiger partial charge in [0.1, 0.15) is 24.3 Å². The summed E-state index contributed by atoms with van der Waals surface area (Å²) in [7, 11) is -3.75. The van der Waals surface area contributed by atoms with E-state index in [4.69, 9.17) is 15.9 Å². The van der Waals surface area contributed by atoms with Gasteiger partial charge in [-0.3, -0.25) is 5.41 Å². The predicted octanol–water partition coefficient (Wildman–Crippen LogP) is 1.84. The van der Waals surface area contributed by atoms with Crippen molar-refractivity contribution in [2.75, 3.05) is 13.2 Å². The Hall–Kier alpha value is -2.94. The second-order valence-corrected chi connectivity index (χ2v) is 8.03. The third-order valence-electron chi connectivity index (χ3n) is 4.15. The number of sulfonamides is 1. The maximum atomic E-state index is 12.5. The van der Waals surface area contributed by atoms with Crippen molar-refractivity contribution < 1.29 is 18.3 Å². The first-order valence-electron chi connectivity index (χ1n) is 8.59. The molecule has 146 valence electrons. The number of ether oxygens (including phenoxy) is 1. The summed E-state index contributed by atoms with van der Waals surface area (Å²) in [5, 5.41) is 19.1. The summed E-state index contributed by atoms with van der Waals surface area (Å²) in [5.41, 5.74) is 5.95. The summed E-state index contributed by atoms with van der Waals surface area (Å²) in [5.74, 6) is 0.441. The summed E-state index contributed by atoms with van der Waals surface area (Å²) >= 11 is 0. The maximum Gasteiger partial charge on any atom is 0.240 e. The van der Waals surface area contributed by atoms with Crippen LogP contribution in [0.5, 0.6) is 5.75 Å². The molecule has 0 fully saturated rings. The molecule has 0 radical (unpaired) electrons. The van der Waals surface area contributed by atoms with E-state index in [-0.39, 0.29) is 23.9 Å². The summed E-state index contributed by atoms with van der Waals surface area (Å²) in [6, 6.07) is 18.9. The van der Waals surface area contributed by atoms with Crippen molar-refractivity contribution in [1.29, 1.82) is 5.41 Å². The lowest BCUT2D eigenvalue weighted by Gasteiger charge is -2.14. The quantitative estimate of drug-likeness (QED) is 0.340. The number of rotatable bonds is 8. The summed E-state index contributed by atoms with van der Waals surface area (Å²) in [4.78, 5) is 0.138. The van der Waals surface area contributed by atoms with E-state index in [2.05, 4.69) is 4.72 Å². The van der Waals surface area contributed by atoms with Crippen molar-refractivity contribution in [2.45, 2.75) is 11.0 Å². The molecular weight excluding hydrogens is 378 g/mol. The summed E-state index contributed by atoms with van der Waals surface area (Å²) in [6.45, 7) is -0.264. The monoisotopic (exact) mass is 399 g/mol. The summed E-state index contributed by atoms with van der Waals surface area (Å²) in [6.07, 6.45) is -1.03. The van der Waals surface area contributed by atoms with Crippen molar-refractivity contribution in [3.8, 4) is 5.75 Å². The first-order valence-corrected chi connectivity index (χ1v) is 10.1. The Labute approximate surface area is 163 Å². The smallest absolute Gasteiger partial charge is 0.240 e. The van der Waals surface area contributed by atoms with Crippen LogP contribution >= 0.6 is 0 Å².